The lowest BCUT2D eigenvalue weighted by molar-refractivity contribution is -0.137. The molecule has 0 fully saturated rings. The third-order valence-corrected chi connectivity index (χ3v) is 3.79. The molecule has 136 valence electrons. The van der Waals surface area contributed by atoms with E-state index in [1.807, 2.05) is 6.07 Å². The van der Waals surface area contributed by atoms with Crippen LogP contribution in [0.15, 0.2) is 30.3 Å². The standard InChI is InChI=1S/C19H23F3N2O/c1-14(2)9-12-24(11-4-10-23)18(25)13-15(3)16-5-7-17(8-6-16)19(20,21)22/h5-8,13-14H,4,9,11-12H2,1-3H3. The maximum absolute atomic E-state index is 12.6. The van der Waals surface area contributed by atoms with Gasteiger partial charge in [-0.3, -0.25) is 4.79 Å². The summed E-state index contributed by atoms with van der Waals surface area (Å²) >= 11 is 0. The van der Waals surface area contributed by atoms with E-state index in [2.05, 4.69) is 13.8 Å². The van der Waals surface area contributed by atoms with Crippen LogP contribution in [0.1, 0.15) is 44.7 Å². The first-order valence-corrected chi connectivity index (χ1v) is 8.17. The lowest BCUT2D eigenvalue weighted by Gasteiger charge is -2.21. The third kappa shape index (κ3) is 7.00. The summed E-state index contributed by atoms with van der Waals surface area (Å²) in [4.78, 5) is 14.0. The summed E-state index contributed by atoms with van der Waals surface area (Å²) in [6.07, 6.45) is -1.89. The molecule has 1 aromatic rings. The number of carbonyl (C=O) groups excluding carboxylic acids is 1. The second-order valence-electron chi connectivity index (χ2n) is 6.32. The number of hydrogen-bond donors (Lipinski definition) is 0. The fraction of sp³-hybridized carbons (Fsp3) is 0.474. The van der Waals surface area contributed by atoms with Crippen LogP contribution in [0.25, 0.3) is 5.57 Å². The van der Waals surface area contributed by atoms with Crippen LogP contribution in [-0.4, -0.2) is 23.9 Å². The molecule has 1 aromatic carbocycles. The molecule has 0 saturated heterocycles. The highest BCUT2D eigenvalue weighted by Gasteiger charge is 2.29. The summed E-state index contributed by atoms with van der Waals surface area (Å²) in [6.45, 7) is 6.69. The Hall–Kier alpha value is -2.29. The molecule has 0 heterocycles. The lowest BCUT2D eigenvalue weighted by atomic mass is 10.0. The van der Waals surface area contributed by atoms with Gasteiger partial charge in [0, 0.05) is 19.2 Å². The van der Waals surface area contributed by atoms with Gasteiger partial charge in [0.15, 0.2) is 0 Å². The molecule has 0 atom stereocenters. The normalized spacial score (nSPS) is 12.2. The zero-order valence-electron chi connectivity index (χ0n) is 14.7. The number of allylic oxidation sites excluding steroid dienone is 1. The summed E-state index contributed by atoms with van der Waals surface area (Å²) in [5.41, 5.74) is 0.429. The van der Waals surface area contributed by atoms with Gasteiger partial charge in [-0.05, 0) is 42.5 Å². The lowest BCUT2D eigenvalue weighted by Crippen LogP contribution is -2.32. The van der Waals surface area contributed by atoms with Crippen LogP contribution in [0.4, 0.5) is 13.2 Å². The van der Waals surface area contributed by atoms with Crippen molar-refractivity contribution in [2.24, 2.45) is 5.92 Å². The predicted octanol–water partition coefficient (Wildman–Crippen LogP) is 4.90. The van der Waals surface area contributed by atoms with E-state index in [1.165, 1.54) is 18.2 Å². The van der Waals surface area contributed by atoms with Gasteiger partial charge in [-0.2, -0.15) is 18.4 Å². The van der Waals surface area contributed by atoms with Gasteiger partial charge >= 0.3 is 6.18 Å². The summed E-state index contributed by atoms with van der Waals surface area (Å²) in [5, 5.41) is 8.73. The monoisotopic (exact) mass is 352 g/mol. The summed E-state index contributed by atoms with van der Waals surface area (Å²) < 4.78 is 37.8. The van der Waals surface area contributed by atoms with Crippen LogP contribution < -0.4 is 0 Å². The van der Waals surface area contributed by atoms with E-state index in [9.17, 15) is 18.0 Å². The maximum atomic E-state index is 12.6. The van der Waals surface area contributed by atoms with Crippen molar-refractivity contribution in [3.63, 3.8) is 0 Å². The first-order chi connectivity index (χ1) is 11.6. The highest BCUT2D eigenvalue weighted by Crippen LogP contribution is 2.30. The van der Waals surface area contributed by atoms with Gasteiger partial charge in [-0.1, -0.05) is 26.0 Å². The van der Waals surface area contributed by atoms with Crippen molar-refractivity contribution in [2.75, 3.05) is 13.1 Å². The molecule has 1 amide bonds. The number of nitrogens with zero attached hydrogens (tertiary/aromatic N) is 2. The Kier molecular flexibility index (Phi) is 7.69. The summed E-state index contributed by atoms with van der Waals surface area (Å²) in [6, 6.07) is 6.75. The average Bonchev–Trinajstić information content (AvgIpc) is 2.53. The molecule has 25 heavy (non-hydrogen) atoms. The van der Waals surface area contributed by atoms with E-state index in [1.54, 1.807) is 11.8 Å². The van der Waals surface area contributed by atoms with E-state index in [4.69, 9.17) is 5.26 Å². The average molecular weight is 352 g/mol. The van der Waals surface area contributed by atoms with Crippen LogP contribution in [-0.2, 0) is 11.0 Å². The number of alkyl halides is 3. The van der Waals surface area contributed by atoms with Crippen molar-refractivity contribution in [1.82, 2.24) is 4.90 Å². The van der Waals surface area contributed by atoms with Gasteiger partial charge < -0.3 is 4.90 Å². The van der Waals surface area contributed by atoms with Gasteiger partial charge in [0.05, 0.1) is 18.1 Å². The smallest absolute Gasteiger partial charge is 0.338 e. The number of amides is 1. The van der Waals surface area contributed by atoms with Crippen molar-refractivity contribution in [2.45, 2.75) is 39.8 Å². The molecule has 0 saturated carbocycles. The summed E-state index contributed by atoms with van der Waals surface area (Å²) in [7, 11) is 0. The molecular formula is C19H23F3N2O. The maximum Gasteiger partial charge on any atom is 0.416 e. The fourth-order valence-corrected chi connectivity index (χ4v) is 2.21. The first kappa shape index (κ1) is 20.8. The minimum absolute atomic E-state index is 0.228. The van der Waals surface area contributed by atoms with Crippen molar-refractivity contribution in [3.05, 3.63) is 41.5 Å². The Morgan fingerprint density at radius 2 is 1.84 bits per heavy atom. The molecule has 0 aliphatic heterocycles. The topological polar surface area (TPSA) is 44.1 Å². The van der Waals surface area contributed by atoms with Gasteiger partial charge in [0.25, 0.3) is 0 Å². The van der Waals surface area contributed by atoms with E-state index in [-0.39, 0.29) is 12.3 Å². The Balaban J connectivity index is 2.89. The molecule has 0 spiro atoms. The quantitative estimate of drug-likeness (QED) is 0.655. The van der Waals surface area contributed by atoms with Crippen molar-refractivity contribution < 1.29 is 18.0 Å². The zero-order chi connectivity index (χ0) is 19.0. The SMILES string of the molecule is CC(=CC(=O)N(CCC#N)CCC(C)C)c1ccc(C(F)(F)F)cc1. The van der Waals surface area contributed by atoms with E-state index in [0.29, 0.717) is 30.1 Å². The highest BCUT2D eigenvalue weighted by molar-refractivity contribution is 5.94. The molecule has 1 rings (SSSR count). The van der Waals surface area contributed by atoms with Crippen molar-refractivity contribution in [1.29, 1.82) is 5.26 Å². The number of nitriles is 1. The molecule has 0 N–H and O–H groups in total. The molecule has 6 heteroatoms. The Morgan fingerprint density at radius 3 is 2.32 bits per heavy atom. The number of carbonyl (C=O) groups is 1. The molecule has 0 aromatic heterocycles. The number of hydrogen-bond acceptors (Lipinski definition) is 2. The number of rotatable bonds is 7. The van der Waals surface area contributed by atoms with Gasteiger partial charge in [-0.15, -0.1) is 0 Å². The second kappa shape index (κ2) is 9.26. The van der Waals surface area contributed by atoms with Crippen LogP contribution in [0, 0.1) is 17.2 Å². The zero-order valence-corrected chi connectivity index (χ0v) is 14.7. The minimum atomic E-state index is -4.38. The van der Waals surface area contributed by atoms with Crippen LogP contribution in [0.3, 0.4) is 0 Å². The Morgan fingerprint density at radius 1 is 1.24 bits per heavy atom. The largest absolute Gasteiger partial charge is 0.416 e. The Labute approximate surface area is 146 Å². The van der Waals surface area contributed by atoms with Crippen LogP contribution >= 0.6 is 0 Å². The van der Waals surface area contributed by atoms with E-state index >= 15 is 0 Å². The van der Waals surface area contributed by atoms with Crippen LogP contribution in [0.5, 0.6) is 0 Å². The number of benzene rings is 1. The number of halogens is 3. The molecule has 0 bridgehead atoms. The van der Waals surface area contributed by atoms with E-state index < -0.39 is 11.7 Å². The van der Waals surface area contributed by atoms with Crippen molar-refractivity contribution >= 4 is 11.5 Å². The molecule has 3 nitrogen and oxygen atoms in total. The van der Waals surface area contributed by atoms with E-state index in [0.717, 1.165) is 18.6 Å². The minimum Gasteiger partial charge on any atom is -0.338 e. The van der Waals surface area contributed by atoms with Gasteiger partial charge in [0.1, 0.15) is 0 Å². The molecular weight excluding hydrogens is 329 g/mol. The predicted molar refractivity (Wildman–Crippen MR) is 91.4 cm³/mol. The van der Waals surface area contributed by atoms with Crippen molar-refractivity contribution in [3.8, 4) is 6.07 Å². The van der Waals surface area contributed by atoms with Gasteiger partial charge in [0.2, 0.25) is 5.91 Å². The molecule has 0 unspecified atom stereocenters. The molecule has 0 aliphatic carbocycles. The van der Waals surface area contributed by atoms with Gasteiger partial charge in [-0.25, -0.2) is 0 Å². The second-order valence-corrected chi connectivity index (χ2v) is 6.32. The first-order valence-electron chi connectivity index (χ1n) is 8.17. The summed E-state index contributed by atoms with van der Waals surface area (Å²) in [5.74, 6) is 0.200. The molecule has 0 aliphatic rings. The van der Waals surface area contributed by atoms with Crippen LogP contribution in [0.2, 0.25) is 0 Å². The molecule has 0 radical (unpaired) electrons. The third-order valence-electron chi connectivity index (χ3n) is 3.79. The fourth-order valence-electron chi connectivity index (χ4n) is 2.21. The highest BCUT2D eigenvalue weighted by atomic mass is 19.4. The Bertz CT molecular complexity index is 640.